The zero-order valence-electron chi connectivity index (χ0n) is 18.5. The van der Waals surface area contributed by atoms with Gasteiger partial charge in [-0.15, -0.1) is 0 Å². The highest BCUT2D eigenvalue weighted by Crippen LogP contribution is 2.32. The molecule has 174 valence electrons. The first kappa shape index (κ1) is 23.6. The van der Waals surface area contributed by atoms with Crippen LogP contribution < -0.4 is 24.4 Å². The van der Waals surface area contributed by atoms with E-state index >= 15 is 0 Å². The fraction of sp³-hybridized carbons (Fsp3) is 0.160. The molecule has 1 aliphatic rings. The Balaban J connectivity index is 1.26. The molecule has 0 bridgehead atoms. The maximum Gasteiger partial charge on any atom is 0.343 e. The molecular formula is C25H21IN2O6. The largest absolute Gasteiger partial charge is 0.483 e. The molecule has 3 aromatic rings. The van der Waals surface area contributed by atoms with Gasteiger partial charge in [0.2, 0.25) is 6.79 Å². The number of hydrazone groups is 1. The Morgan fingerprint density at radius 1 is 1.03 bits per heavy atom. The van der Waals surface area contributed by atoms with E-state index in [0.29, 0.717) is 34.1 Å². The number of halogens is 1. The lowest BCUT2D eigenvalue weighted by Crippen LogP contribution is -2.25. The lowest BCUT2D eigenvalue weighted by molar-refractivity contribution is -0.123. The average Bonchev–Trinajstić information content (AvgIpc) is 3.27. The Morgan fingerprint density at radius 3 is 2.47 bits per heavy atom. The van der Waals surface area contributed by atoms with Crippen LogP contribution in [0.2, 0.25) is 0 Å². The van der Waals surface area contributed by atoms with Crippen LogP contribution in [0.5, 0.6) is 23.0 Å². The number of ether oxygens (including phenoxy) is 4. The molecule has 1 N–H and O–H groups in total. The van der Waals surface area contributed by atoms with Gasteiger partial charge in [0.25, 0.3) is 5.91 Å². The lowest BCUT2D eigenvalue weighted by Gasteiger charge is -2.11. The van der Waals surface area contributed by atoms with E-state index < -0.39 is 5.97 Å². The van der Waals surface area contributed by atoms with Crippen LogP contribution in [-0.2, 0) is 4.79 Å². The summed E-state index contributed by atoms with van der Waals surface area (Å²) in [5.41, 5.74) is 5.45. The van der Waals surface area contributed by atoms with Crippen molar-refractivity contribution in [2.24, 2.45) is 5.10 Å². The van der Waals surface area contributed by atoms with Gasteiger partial charge in [-0.2, -0.15) is 5.10 Å². The van der Waals surface area contributed by atoms with Gasteiger partial charge in [-0.1, -0.05) is 0 Å². The topological polar surface area (TPSA) is 95.5 Å². The van der Waals surface area contributed by atoms with Crippen LogP contribution in [0.4, 0.5) is 0 Å². The van der Waals surface area contributed by atoms with Crippen LogP contribution in [0.25, 0.3) is 0 Å². The fourth-order valence-electron chi connectivity index (χ4n) is 3.29. The maximum absolute atomic E-state index is 12.4. The molecule has 0 aromatic heterocycles. The molecule has 0 saturated heterocycles. The minimum absolute atomic E-state index is 0.135. The third kappa shape index (κ3) is 5.84. The number of fused-ring (bicyclic) bond motifs is 1. The van der Waals surface area contributed by atoms with E-state index in [-0.39, 0.29) is 19.3 Å². The highest BCUT2D eigenvalue weighted by Gasteiger charge is 2.17. The molecular weight excluding hydrogens is 551 g/mol. The van der Waals surface area contributed by atoms with Crippen molar-refractivity contribution in [3.63, 3.8) is 0 Å². The van der Waals surface area contributed by atoms with Gasteiger partial charge >= 0.3 is 5.97 Å². The first-order chi connectivity index (χ1) is 16.4. The number of aryl methyl sites for hydroxylation is 2. The van der Waals surface area contributed by atoms with Crippen LogP contribution in [0, 0.1) is 17.4 Å². The predicted octanol–water partition coefficient (Wildman–Crippen LogP) is 4.39. The average molecular weight is 572 g/mol. The quantitative estimate of drug-likeness (QED) is 0.149. The molecule has 4 rings (SSSR count). The normalized spacial score (nSPS) is 12.0. The molecule has 3 aromatic carbocycles. The monoisotopic (exact) mass is 572 g/mol. The lowest BCUT2D eigenvalue weighted by atomic mass is 10.1. The molecule has 1 heterocycles. The summed E-state index contributed by atoms with van der Waals surface area (Å²) in [6.07, 6.45) is 1.49. The van der Waals surface area contributed by atoms with Gasteiger partial charge in [0, 0.05) is 3.57 Å². The van der Waals surface area contributed by atoms with E-state index in [9.17, 15) is 9.59 Å². The van der Waals surface area contributed by atoms with E-state index in [1.807, 2.05) is 26.0 Å². The number of nitrogens with one attached hydrogen (secondary N) is 1. The third-order valence-corrected chi connectivity index (χ3v) is 5.50. The van der Waals surface area contributed by atoms with Crippen LogP contribution in [0.15, 0.2) is 59.7 Å². The SMILES string of the molecule is Cc1cc(I)cc(C)c1OCC(=O)N/N=C\c1ccc(OC(=O)c2ccc3c(c2)OCO3)cc1. The molecule has 8 nitrogen and oxygen atoms in total. The molecule has 9 heteroatoms. The summed E-state index contributed by atoms with van der Waals surface area (Å²) in [4.78, 5) is 24.4. The number of benzene rings is 3. The van der Waals surface area contributed by atoms with Gasteiger partial charge in [0.1, 0.15) is 11.5 Å². The van der Waals surface area contributed by atoms with Crippen molar-refractivity contribution in [1.82, 2.24) is 5.43 Å². The number of carbonyl (C=O) groups excluding carboxylic acids is 2. The molecule has 0 unspecified atom stereocenters. The second-order valence-corrected chi connectivity index (χ2v) is 8.72. The van der Waals surface area contributed by atoms with E-state index in [0.717, 1.165) is 14.7 Å². The zero-order valence-corrected chi connectivity index (χ0v) is 20.6. The van der Waals surface area contributed by atoms with Crippen molar-refractivity contribution in [1.29, 1.82) is 0 Å². The minimum atomic E-state index is -0.509. The maximum atomic E-state index is 12.4. The molecule has 0 atom stereocenters. The molecule has 1 aliphatic heterocycles. The Labute approximate surface area is 210 Å². The molecule has 0 fully saturated rings. The Kier molecular flexibility index (Phi) is 7.31. The van der Waals surface area contributed by atoms with Crippen LogP contribution in [-0.4, -0.2) is 31.5 Å². The van der Waals surface area contributed by atoms with E-state index in [1.54, 1.807) is 42.5 Å². The summed E-state index contributed by atoms with van der Waals surface area (Å²) in [5, 5.41) is 3.94. The second kappa shape index (κ2) is 10.6. The number of amides is 1. The smallest absolute Gasteiger partial charge is 0.343 e. The number of rotatable bonds is 7. The van der Waals surface area contributed by atoms with Gasteiger partial charge < -0.3 is 18.9 Å². The molecule has 0 radical (unpaired) electrons. The first-order valence-corrected chi connectivity index (χ1v) is 11.4. The van der Waals surface area contributed by atoms with Crippen LogP contribution in [0.1, 0.15) is 27.0 Å². The van der Waals surface area contributed by atoms with Gasteiger partial charge in [0.15, 0.2) is 18.1 Å². The Bertz CT molecular complexity index is 1230. The van der Waals surface area contributed by atoms with Crippen molar-refractivity contribution >= 4 is 40.7 Å². The molecule has 0 spiro atoms. The summed E-state index contributed by atoms with van der Waals surface area (Å²) < 4.78 is 22.7. The van der Waals surface area contributed by atoms with E-state index in [1.165, 1.54) is 6.21 Å². The number of hydrogen-bond acceptors (Lipinski definition) is 7. The van der Waals surface area contributed by atoms with Crippen molar-refractivity contribution in [2.45, 2.75) is 13.8 Å². The number of hydrogen-bond donors (Lipinski definition) is 1. The van der Waals surface area contributed by atoms with E-state index in [2.05, 4.69) is 33.1 Å². The molecule has 0 saturated carbocycles. The molecule has 34 heavy (non-hydrogen) atoms. The minimum Gasteiger partial charge on any atom is -0.483 e. The summed E-state index contributed by atoms with van der Waals surface area (Å²) in [6, 6.07) is 15.6. The highest BCUT2D eigenvalue weighted by molar-refractivity contribution is 14.1. The van der Waals surface area contributed by atoms with Crippen molar-refractivity contribution in [3.05, 3.63) is 80.4 Å². The van der Waals surface area contributed by atoms with Gasteiger partial charge in [0.05, 0.1) is 11.8 Å². The molecule has 1 amide bonds. The third-order valence-electron chi connectivity index (χ3n) is 4.87. The summed E-state index contributed by atoms with van der Waals surface area (Å²) in [5.74, 6) is 1.30. The van der Waals surface area contributed by atoms with Gasteiger partial charge in [-0.25, -0.2) is 10.2 Å². The van der Waals surface area contributed by atoms with Crippen molar-refractivity contribution < 1.29 is 28.5 Å². The highest BCUT2D eigenvalue weighted by atomic mass is 127. The van der Waals surface area contributed by atoms with Crippen molar-refractivity contribution in [2.75, 3.05) is 13.4 Å². The Morgan fingerprint density at radius 2 is 1.74 bits per heavy atom. The summed E-state index contributed by atoms with van der Waals surface area (Å²) >= 11 is 2.24. The standard InChI is InChI=1S/C25H21IN2O6/c1-15-9-19(26)10-16(2)24(15)31-13-23(29)28-27-12-17-3-6-20(7-4-17)34-25(30)18-5-8-21-22(11-18)33-14-32-21/h3-12H,13-14H2,1-2H3,(H,28,29)/b27-12-. The zero-order chi connectivity index (χ0) is 24.1. The predicted molar refractivity (Wildman–Crippen MR) is 134 cm³/mol. The van der Waals surface area contributed by atoms with Crippen molar-refractivity contribution in [3.8, 4) is 23.0 Å². The van der Waals surface area contributed by atoms with E-state index in [4.69, 9.17) is 18.9 Å². The first-order valence-electron chi connectivity index (χ1n) is 10.3. The Hall–Kier alpha value is -3.60. The number of nitrogens with zero attached hydrogens (tertiary/aromatic N) is 1. The summed E-state index contributed by atoms with van der Waals surface area (Å²) in [7, 11) is 0. The second-order valence-electron chi connectivity index (χ2n) is 7.48. The van der Waals surface area contributed by atoms with Crippen LogP contribution >= 0.6 is 22.6 Å². The number of carbonyl (C=O) groups is 2. The number of esters is 1. The van der Waals surface area contributed by atoms with Gasteiger partial charge in [-0.05, 0) is 108 Å². The summed E-state index contributed by atoms with van der Waals surface area (Å²) in [6.45, 7) is 3.87. The fourth-order valence-corrected chi connectivity index (χ4v) is 4.22. The molecule has 0 aliphatic carbocycles. The van der Waals surface area contributed by atoms with Gasteiger partial charge in [-0.3, -0.25) is 4.79 Å². The van der Waals surface area contributed by atoms with Crippen LogP contribution in [0.3, 0.4) is 0 Å².